The molecule has 168 valence electrons. The third-order valence-electron chi connectivity index (χ3n) is 4.61. The predicted molar refractivity (Wildman–Crippen MR) is 136 cm³/mol. The number of thioether (sulfide) groups is 1. The molecule has 1 amide bonds. The van der Waals surface area contributed by atoms with Gasteiger partial charge in [0.15, 0.2) is 5.17 Å². The fourth-order valence-corrected chi connectivity index (χ4v) is 5.22. The number of carbonyl (C=O) groups excluding carboxylic acids is 1. The van der Waals surface area contributed by atoms with E-state index in [0.29, 0.717) is 31.6 Å². The van der Waals surface area contributed by atoms with Gasteiger partial charge in [-0.25, -0.2) is 0 Å². The molecule has 1 aliphatic heterocycles. The molecule has 0 saturated carbocycles. The summed E-state index contributed by atoms with van der Waals surface area (Å²) in [5.41, 5.74) is 1.25. The first-order valence-corrected chi connectivity index (χ1v) is 12.0. The summed E-state index contributed by atoms with van der Waals surface area (Å²) < 4.78 is 12.0. The number of rotatable bonds is 6. The third kappa shape index (κ3) is 5.40. The molecular formula is C23H17Br2N3O4S. The van der Waals surface area contributed by atoms with Gasteiger partial charge in [-0.15, -0.1) is 5.10 Å². The Labute approximate surface area is 211 Å². The Bertz CT molecular complexity index is 1270. The van der Waals surface area contributed by atoms with Crippen LogP contribution in [0.1, 0.15) is 16.9 Å². The lowest BCUT2D eigenvalue weighted by Crippen LogP contribution is -2.28. The molecule has 10 heteroatoms. The molecule has 0 unspecified atom stereocenters. The maximum Gasteiger partial charge on any atom is 0.267 e. The minimum atomic E-state index is -0.266. The van der Waals surface area contributed by atoms with Gasteiger partial charge >= 0.3 is 0 Å². The van der Waals surface area contributed by atoms with Crippen LogP contribution in [0.3, 0.4) is 0 Å². The molecule has 0 radical (unpaired) electrons. The van der Waals surface area contributed by atoms with Crippen LogP contribution in [0, 0.1) is 0 Å². The van der Waals surface area contributed by atoms with E-state index in [2.05, 4.69) is 42.1 Å². The van der Waals surface area contributed by atoms with Crippen molar-refractivity contribution in [3.05, 3.63) is 85.5 Å². The monoisotopic (exact) mass is 589 g/mol. The van der Waals surface area contributed by atoms with Crippen LogP contribution < -0.4 is 4.74 Å². The van der Waals surface area contributed by atoms with Gasteiger partial charge in [0.1, 0.15) is 17.3 Å². The van der Waals surface area contributed by atoms with E-state index in [1.165, 1.54) is 16.7 Å². The van der Waals surface area contributed by atoms with Crippen molar-refractivity contribution >= 4 is 67.0 Å². The van der Waals surface area contributed by atoms with E-state index >= 15 is 0 Å². The molecule has 0 atom stereocenters. The largest absolute Gasteiger partial charge is 0.506 e. The van der Waals surface area contributed by atoms with Crippen LogP contribution in [0.15, 0.2) is 83.3 Å². The van der Waals surface area contributed by atoms with Crippen molar-refractivity contribution in [2.45, 2.75) is 6.54 Å². The summed E-state index contributed by atoms with van der Waals surface area (Å²) >= 11 is 7.89. The van der Waals surface area contributed by atoms with E-state index in [-0.39, 0.29) is 18.2 Å². The molecule has 7 nitrogen and oxygen atoms in total. The van der Waals surface area contributed by atoms with Crippen molar-refractivity contribution < 1.29 is 19.1 Å². The van der Waals surface area contributed by atoms with Crippen LogP contribution in [0.2, 0.25) is 0 Å². The number of nitrogens with zero attached hydrogens (tertiary/aromatic N) is 3. The summed E-state index contributed by atoms with van der Waals surface area (Å²) in [4.78, 5) is 15.1. The van der Waals surface area contributed by atoms with Gasteiger partial charge in [-0.05, 0) is 70.2 Å². The lowest BCUT2D eigenvalue weighted by Gasteiger charge is -2.12. The number of carbonyl (C=O) groups is 1. The van der Waals surface area contributed by atoms with E-state index in [4.69, 9.17) is 9.15 Å². The first-order valence-electron chi connectivity index (χ1n) is 9.62. The summed E-state index contributed by atoms with van der Waals surface area (Å²) in [6.07, 6.45) is 4.74. The van der Waals surface area contributed by atoms with Crippen molar-refractivity contribution in [3.8, 4) is 11.5 Å². The molecule has 33 heavy (non-hydrogen) atoms. The van der Waals surface area contributed by atoms with Crippen molar-refractivity contribution in [2.75, 3.05) is 7.11 Å². The smallest absolute Gasteiger partial charge is 0.267 e. The van der Waals surface area contributed by atoms with Gasteiger partial charge in [0.05, 0.1) is 35.5 Å². The molecule has 0 spiro atoms. The zero-order chi connectivity index (χ0) is 23.4. The van der Waals surface area contributed by atoms with E-state index in [1.54, 1.807) is 49.9 Å². The van der Waals surface area contributed by atoms with Gasteiger partial charge in [-0.2, -0.15) is 5.10 Å². The number of amidine groups is 1. The van der Waals surface area contributed by atoms with Gasteiger partial charge < -0.3 is 14.3 Å². The molecule has 1 aromatic heterocycles. The molecule has 0 aliphatic carbocycles. The molecule has 1 saturated heterocycles. The topological polar surface area (TPSA) is 87.6 Å². The number of halogens is 2. The van der Waals surface area contributed by atoms with Crippen molar-refractivity contribution in [2.24, 2.45) is 10.2 Å². The van der Waals surface area contributed by atoms with E-state index in [9.17, 15) is 9.90 Å². The minimum Gasteiger partial charge on any atom is -0.506 e. The molecular weight excluding hydrogens is 574 g/mol. The standard InChI is InChI=1S/C23H17Br2N3O4S/c1-31-19-7-3-2-5-14(19)12-26-27-23-28(13-17-6-4-8-32-17)22(30)20(33-23)10-15-9-16(24)11-18(25)21(15)29/h2-12,29H,13H2,1H3/b20-10-,26-12-,27-23+. The highest BCUT2D eigenvalue weighted by Gasteiger charge is 2.34. The SMILES string of the molecule is COc1ccccc1/C=N\N=C1\S/C(=C\c2cc(Br)cc(Br)c2O)C(=O)N1Cc1ccco1. The summed E-state index contributed by atoms with van der Waals surface area (Å²) in [6, 6.07) is 14.4. The molecule has 3 aromatic rings. The van der Waals surface area contributed by atoms with Crippen LogP contribution in [0.25, 0.3) is 6.08 Å². The Morgan fingerprint density at radius 2 is 2.00 bits per heavy atom. The van der Waals surface area contributed by atoms with Gasteiger partial charge in [0.2, 0.25) is 0 Å². The highest BCUT2D eigenvalue weighted by Crippen LogP contribution is 2.38. The maximum absolute atomic E-state index is 13.2. The Hall–Kier alpha value is -2.82. The van der Waals surface area contributed by atoms with Crippen LogP contribution in [0.5, 0.6) is 11.5 Å². The summed E-state index contributed by atoms with van der Waals surface area (Å²) in [7, 11) is 1.59. The number of phenolic OH excluding ortho intramolecular Hbond substituents is 1. The minimum absolute atomic E-state index is 0.0382. The number of hydrogen-bond donors (Lipinski definition) is 1. The Morgan fingerprint density at radius 3 is 2.76 bits per heavy atom. The van der Waals surface area contributed by atoms with Crippen LogP contribution in [-0.2, 0) is 11.3 Å². The number of phenols is 1. The van der Waals surface area contributed by atoms with Gasteiger partial charge in [-0.1, -0.05) is 28.1 Å². The van der Waals surface area contributed by atoms with Gasteiger partial charge in [0, 0.05) is 15.6 Å². The van der Waals surface area contributed by atoms with Crippen molar-refractivity contribution in [1.82, 2.24) is 4.90 Å². The lowest BCUT2D eigenvalue weighted by atomic mass is 10.2. The Kier molecular flexibility index (Phi) is 7.36. The lowest BCUT2D eigenvalue weighted by molar-refractivity contribution is -0.122. The third-order valence-corrected chi connectivity index (χ3v) is 6.66. The van der Waals surface area contributed by atoms with E-state index in [0.717, 1.165) is 10.0 Å². The quantitative estimate of drug-likeness (QED) is 0.215. The Balaban J connectivity index is 1.68. The second kappa shape index (κ2) is 10.4. The summed E-state index contributed by atoms with van der Waals surface area (Å²) in [5, 5.41) is 19.3. The molecule has 1 aliphatic rings. The average molecular weight is 591 g/mol. The number of aromatic hydroxyl groups is 1. The number of methoxy groups -OCH3 is 1. The predicted octanol–water partition coefficient (Wildman–Crippen LogP) is 6.03. The van der Waals surface area contributed by atoms with E-state index < -0.39 is 0 Å². The highest BCUT2D eigenvalue weighted by molar-refractivity contribution is 9.11. The summed E-state index contributed by atoms with van der Waals surface area (Å²) in [6.45, 7) is 0.202. The fourth-order valence-electron chi connectivity index (χ4n) is 3.03. The molecule has 2 aromatic carbocycles. The number of benzene rings is 2. The normalized spacial score (nSPS) is 16.5. The van der Waals surface area contributed by atoms with Crippen molar-refractivity contribution in [1.29, 1.82) is 0 Å². The average Bonchev–Trinajstić information content (AvgIpc) is 3.42. The zero-order valence-electron chi connectivity index (χ0n) is 17.2. The van der Waals surface area contributed by atoms with Crippen LogP contribution in [0.4, 0.5) is 0 Å². The highest BCUT2D eigenvalue weighted by atomic mass is 79.9. The van der Waals surface area contributed by atoms with Crippen molar-refractivity contribution in [3.63, 3.8) is 0 Å². The second-order valence-corrected chi connectivity index (χ2v) is 9.55. The van der Waals surface area contributed by atoms with Crippen LogP contribution >= 0.6 is 43.6 Å². The fraction of sp³-hybridized carbons (Fsp3) is 0.0870. The molecule has 2 heterocycles. The molecule has 1 fully saturated rings. The number of ether oxygens (including phenoxy) is 1. The number of furan rings is 1. The number of hydrogen-bond acceptors (Lipinski definition) is 7. The summed E-state index contributed by atoms with van der Waals surface area (Å²) in [5.74, 6) is 1.05. The second-order valence-electron chi connectivity index (χ2n) is 6.78. The first-order chi connectivity index (χ1) is 16.0. The molecule has 4 rings (SSSR count). The number of para-hydroxylation sites is 1. The molecule has 1 N–H and O–H groups in total. The number of amides is 1. The van der Waals surface area contributed by atoms with Gasteiger partial charge in [-0.3, -0.25) is 9.69 Å². The molecule has 0 bridgehead atoms. The maximum atomic E-state index is 13.2. The van der Waals surface area contributed by atoms with E-state index in [1.807, 2.05) is 24.3 Å². The van der Waals surface area contributed by atoms with Crippen LogP contribution in [-0.4, -0.2) is 34.4 Å². The van der Waals surface area contributed by atoms with Gasteiger partial charge in [0.25, 0.3) is 5.91 Å². The Morgan fingerprint density at radius 1 is 1.18 bits per heavy atom. The first kappa shape index (κ1) is 23.3. The zero-order valence-corrected chi connectivity index (χ0v) is 21.2.